The number of guanidine groups is 1. The lowest BCUT2D eigenvalue weighted by Crippen LogP contribution is -2.36. The lowest BCUT2D eigenvalue weighted by atomic mass is 10.2. The summed E-state index contributed by atoms with van der Waals surface area (Å²) in [6.45, 7) is 4.41. The van der Waals surface area contributed by atoms with Gasteiger partial charge < -0.3 is 5.32 Å². The van der Waals surface area contributed by atoms with Crippen molar-refractivity contribution < 1.29 is 13.2 Å². The first-order valence-electron chi connectivity index (χ1n) is 5.89. The lowest BCUT2D eigenvalue weighted by Gasteiger charge is -2.13. The van der Waals surface area contributed by atoms with Crippen LogP contribution in [0.1, 0.15) is 19.4 Å². The Labute approximate surface area is 120 Å². The predicted molar refractivity (Wildman–Crippen MR) is 74.5 cm³/mol. The van der Waals surface area contributed by atoms with Crippen molar-refractivity contribution in [3.8, 4) is 0 Å². The molecule has 0 atom stereocenters. The number of aliphatic imine (C=N–C) groups is 1. The maximum Gasteiger partial charge on any atom is 0.417 e. The van der Waals surface area contributed by atoms with Crippen LogP contribution < -0.4 is 16.6 Å². The predicted octanol–water partition coefficient (Wildman–Crippen LogP) is 3.25. The molecule has 0 radical (unpaired) electrons. The summed E-state index contributed by atoms with van der Waals surface area (Å²) in [5.74, 6) is 5.76. The SMILES string of the molecule is CC(C)CN=C(NN)Nc1ccc(Cl)c(C(F)(F)F)c1. The molecule has 0 amide bonds. The molecule has 0 aliphatic rings. The Morgan fingerprint density at radius 3 is 2.55 bits per heavy atom. The fourth-order valence-corrected chi connectivity index (χ4v) is 1.58. The molecule has 0 saturated carbocycles. The van der Waals surface area contributed by atoms with Crippen LogP contribution in [-0.2, 0) is 6.18 Å². The fraction of sp³-hybridized carbons (Fsp3) is 0.417. The van der Waals surface area contributed by atoms with E-state index < -0.39 is 11.7 Å². The Morgan fingerprint density at radius 1 is 1.40 bits per heavy atom. The highest BCUT2D eigenvalue weighted by atomic mass is 35.5. The second-order valence-corrected chi connectivity index (χ2v) is 4.95. The fourth-order valence-electron chi connectivity index (χ4n) is 1.35. The molecule has 4 N–H and O–H groups in total. The number of benzene rings is 1. The topological polar surface area (TPSA) is 62.4 Å². The summed E-state index contributed by atoms with van der Waals surface area (Å²) < 4.78 is 38.2. The standard InChI is InChI=1S/C12H16ClF3N4/c1-7(2)6-18-11(20-17)19-8-3-4-10(13)9(5-8)12(14,15)16/h3-5,7H,6,17H2,1-2H3,(H2,18,19,20). The molecule has 0 aliphatic heterocycles. The second kappa shape index (κ2) is 6.81. The molecule has 0 aromatic heterocycles. The molecule has 0 spiro atoms. The summed E-state index contributed by atoms with van der Waals surface area (Å²) in [6, 6.07) is 3.49. The van der Waals surface area contributed by atoms with Gasteiger partial charge in [0.2, 0.25) is 5.96 Å². The van der Waals surface area contributed by atoms with E-state index in [1.165, 1.54) is 12.1 Å². The molecular weight excluding hydrogens is 293 g/mol. The largest absolute Gasteiger partial charge is 0.417 e. The number of hydrogen-bond acceptors (Lipinski definition) is 2. The van der Waals surface area contributed by atoms with Gasteiger partial charge in [0.15, 0.2) is 0 Å². The zero-order valence-corrected chi connectivity index (χ0v) is 11.8. The van der Waals surface area contributed by atoms with Crippen molar-refractivity contribution in [1.82, 2.24) is 5.43 Å². The molecule has 8 heteroatoms. The van der Waals surface area contributed by atoms with Gasteiger partial charge in [-0.15, -0.1) is 0 Å². The van der Waals surface area contributed by atoms with Gasteiger partial charge in [0.05, 0.1) is 10.6 Å². The van der Waals surface area contributed by atoms with E-state index in [1.807, 2.05) is 13.8 Å². The molecule has 0 fully saturated rings. The van der Waals surface area contributed by atoms with Crippen molar-refractivity contribution in [2.75, 3.05) is 11.9 Å². The highest BCUT2D eigenvalue weighted by Crippen LogP contribution is 2.36. The van der Waals surface area contributed by atoms with E-state index in [1.54, 1.807) is 0 Å². The number of alkyl halides is 3. The zero-order valence-electron chi connectivity index (χ0n) is 11.1. The highest BCUT2D eigenvalue weighted by molar-refractivity contribution is 6.31. The number of nitrogens with zero attached hydrogens (tertiary/aromatic N) is 1. The molecule has 112 valence electrons. The van der Waals surface area contributed by atoms with Gasteiger partial charge in [0.1, 0.15) is 0 Å². The summed E-state index contributed by atoms with van der Waals surface area (Å²) in [6.07, 6.45) is -4.51. The van der Waals surface area contributed by atoms with Crippen molar-refractivity contribution in [1.29, 1.82) is 0 Å². The summed E-state index contributed by atoms with van der Waals surface area (Å²) in [7, 11) is 0. The first-order chi connectivity index (χ1) is 9.24. The maximum absolute atomic E-state index is 12.7. The van der Waals surface area contributed by atoms with Crippen molar-refractivity contribution >= 4 is 23.2 Å². The van der Waals surface area contributed by atoms with Crippen LogP contribution >= 0.6 is 11.6 Å². The normalized spacial score (nSPS) is 12.7. The van der Waals surface area contributed by atoms with Crippen LogP contribution in [0.25, 0.3) is 0 Å². The van der Waals surface area contributed by atoms with Gasteiger partial charge in [-0.1, -0.05) is 25.4 Å². The molecule has 0 unspecified atom stereocenters. The Bertz CT molecular complexity index is 486. The smallest absolute Gasteiger partial charge is 0.325 e. The van der Waals surface area contributed by atoms with Gasteiger partial charge in [-0.2, -0.15) is 13.2 Å². The van der Waals surface area contributed by atoms with E-state index in [0.29, 0.717) is 12.5 Å². The molecule has 0 saturated heterocycles. The molecule has 20 heavy (non-hydrogen) atoms. The minimum atomic E-state index is -4.51. The van der Waals surface area contributed by atoms with E-state index >= 15 is 0 Å². The minimum absolute atomic E-state index is 0.189. The van der Waals surface area contributed by atoms with Crippen LogP contribution in [0, 0.1) is 5.92 Å². The number of nitrogens with one attached hydrogen (secondary N) is 2. The van der Waals surface area contributed by atoms with Crippen LogP contribution in [0.2, 0.25) is 5.02 Å². The monoisotopic (exact) mass is 308 g/mol. The number of nitrogens with two attached hydrogens (primary N) is 1. The van der Waals surface area contributed by atoms with E-state index in [-0.39, 0.29) is 16.7 Å². The summed E-state index contributed by atoms with van der Waals surface area (Å²) in [5, 5.41) is 2.32. The number of halogens is 4. The average Bonchev–Trinajstić information content (AvgIpc) is 2.34. The Kier molecular flexibility index (Phi) is 5.64. The quantitative estimate of drug-likeness (QED) is 0.348. The molecule has 0 aliphatic carbocycles. The molecule has 4 nitrogen and oxygen atoms in total. The third-order valence-corrected chi connectivity index (χ3v) is 2.62. The van der Waals surface area contributed by atoms with Gasteiger partial charge in [-0.3, -0.25) is 10.4 Å². The van der Waals surface area contributed by atoms with Crippen molar-refractivity contribution in [3.63, 3.8) is 0 Å². The molecular formula is C12H16ClF3N4. The number of anilines is 1. The van der Waals surface area contributed by atoms with E-state index in [4.69, 9.17) is 17.4 Å². The molecule has 1 aromatic rings. The van der Waals surface area contributed by atoms with Gasteiger partial charge in [-0.25, -0.2) is 5.84 Å². The third-order valence-electron chi connectivity index (χ3n) is 2.29. The van der Waals surface area contributed by atoms with Crippen LogP contribution in [0.15, 0.2) is 23.2 Å². The molecule has 0 bridgehead atoms. The van der Waals surface area contributed by atoms with E-state index in [0.717, 1.165) is 6.07 Å². The van der Waals surface area contributed by atoms with Gasteiger partial charge in [0, 0.05) is 12.2 Å². The highest BCUT2D eigenvalue weighted by Gasteiger charge is 2.33. The van der Waals surface area contributed by atoms with Crippen molar-refractivity contribution in [2.45, 2.75) is 20.0 Å². The zero-order chi connectivity index (χ0) is 15.3. The van der Waals surface area contributed by atoms with Crippen LogP contribution in [0.3, 0.4) is 0 Å². The molecule has 1 rings (SSSR count). The van der Waals surface area contributed by atoms with Crippen molar-refractivity contribution in [2.24, 2.45) is 16.8 Å². The number of rotatable bonds is 3. The second-order valence-electron chi connectivity index (χ2n) is 4.54. The van der Waals surface area contributed by atoms with Gasteiger partial charge in [0.25, 0.3) is 0 Å². The maximum atomic E-state index is 12.7. The number of hydrazine groups is 1. The first kappa shape index (κ1) is 16.6. The molecule has 0 heterocycles. The van der Waals surface area contributed by atoms with Gasteiger partial charge in [-0.05, 0) is 24.1 Å². The Hall–Kier alpha value is -1.47. The summed E-state index contributed by atoms with van der Waals surface area (Å²) in [5.41, 5.74) is 1.59. The average molecular weight is 309 g/mol. The van der Waals surface area contributed by atoms with Gasteiger partial charge >= 0.3 is 6.18 Å². The number of hydrogen-bond donors (Lipinski definition) is 3. The lowest BCUT2D eigenvalue weighted by molar-refractivity contribution is -0.137. The van der Waals surface area contributed by atoms with E-state index in [9.17, 15) is 13.2 Å². The molecule has 1 aromatic carbocycles. The van der Waals surface area contributed by atoms with Crippen LogP contribution in [0.4, 0.5) is 18.9 Å². The summed E-state index contributed by atoms with van der Waals surface area (Å²) in [4.78, 5) is 4.11. The third kappa shape index (κ3) is 4.90. The van der Waals surface area contributed by atoms with Crippen LogP contribution in [-0.4, -0.2) is 12.5 Å². The van der Waals surface area contributed by atoms with E-state index in [2.05, 4.69) is 15.7 Å². The first-order valence-corrected chi connectivity index (χ1v) is 6.26. The summed E-state index contributed by atoms with van der Waals surface area (Å²) >= 11 is 5.54. The minimum Gasteiger partial charge on any atom is -0.325 e. The Balaban J connectivity index is 2.95. The van der Waals surface area contributed by atoms with Crippen molar-refractivity contribution in [3.05, 3.63) is 28.8 Å². The van der Waals surface area contributed by atoms with Crippen LogP contribution in [0.5, 0.6) is 0 Å². The Morgan fingerprint density at radius 2 is 2.05 bits per heavy atom.